The molecule has 19 heavy (non-hydrogen) atoms. The predicted molar refractivity (Wildman–Crippen MR) is 76.9 cm³/mol. The lowest BCUT2D eigenvalue weighted by Gasteiger charge is -2.20. The second-order valence-electron chi connectivity index (χ2n) is 4.54. The Kier molecular flexibility index (Phi) is 3.94. The fourth-order valence-corrected chi connectivity index (χ4v) is 1.75. The Morgan fingerprint density at radius 1 is 1.05 bits per heavy atom. The molecule has 0 fully saturated rings. The standard InChI is InChI=1S/C14H19N5/c1-4-19(9-12-5-7-13(15)8-6-12)14-16-10(2)11(3)17-18-14/h5-8H,4,9,15H2,1-3H3. The van der Waals surface area contributed by atoms with Gasteiger partial charge in [-0.05, 0) is 38.5 Å². The summed E-state index contributed by atoms with van der Waals surface area (Å²) in [5.74, 6) is 0.669. The Hall–Kier alpha value is -2.17. The molecule has 0 radical (unpaired) electrons. The van der Waals surface area contributed by atoms with Crippen LogP contribution < -0.4 is 10.6 Å². The fraction of sp³-hybridized carbons (Fsp3) is 0.357. The minimum Gasteiger partial charge on any atom is -0.399 e. The van der Waals surface area contributed by atoms with Gasteiger partial charge in [-0.25, -0.2) is 4.98 Å². The van der Waals surface area contributed by atoms with Crippen molar-refractivity contribution in [2.75, 3.05) is 17.2 Å². The summed E-state index contributed by atoms with van der Waals surface area (Å²) >= 11 is 0. The van der Waals surface area contributed by atoms with E-state index in [2.05, 4.69) is 27.0 Å². The number of nitrogens with zero attached hydrogens (tertiary/aromatic N) is 4. The molecule has 0 aliphatic carbocycles. The lowest BCUT2D eigenvalue weighted by Crippen LogP contribution is -2.25. The van der Waals surface area contributed by atoms with Gasteiger partial charge in [0.1, 0.15) is 0 Å². The smallest absolute Gasteiger partial charge is 0.245 e. The summed E-state index contributed by atoms with van der Waals surface area (Å²) in [5, 5.41) is 8.29. The van der Waals surface area contributed by atoms with E-state index in [1.807, 2.05) is 38.1 Å². The first-order valence-corrected chi connectivity index (χ1v) is 6.37. The maximum Gasteiger partial charge on any atom is 0.245 e. The molecule has 5 heteroatoms. The third-order valence-electron chi connectivity index (χ3n) is 3.10. The van der Waals surface area contributed by atoms with Crippen molar-refractivity contribution in [2.45, 2.75) is 27.3 Å². The molecule has 0 amide bonds. The molecule has 0 unspecified atom stereocenters. The lowest BCUT2D eigenvalue weighted by molar-refractivity contribution is 0.755. The van der Waals surface area contributed by atoms with Crippen LogP contribution in [-0.2, 0) is 6.54 Å². The van der Waals surface area contributed by atoms with Crippen LogP contribution in [0.3, 0.4) is 0 Å². The Labute approximate surface area is 113 Å². The van der Waals surface area contributed by atoms with Gasteiger partial charge in [0.2, 0.25) is 5.95 Å². The SMILES string of the molecule is CCN(Cc1ccc(N)cc1)c1nnc(C)c(C)n1. The molecule has 0 spiro atoms. The molecule has 0 aliphatic heterocycles. The Balaban J connectivity index is 2.19. The number of rotatable bonds is 4. The van der Waals surface area contributed by atoms with Crippen molar-refractivity contribution in [3.63, 3.8) is 0 Å². The number of hydrogen-bond acceptors (Lipinski definition) is 5. The summed E-state index contributed by atoms with van der Waals surface area (Å²) in [6, 6.07) is 7.85. The molecule has 0 saturated carbocycles. The van der Waals surface area contributed by atoms with Gasteiger partial charge in [-0.2, -0.15) is 5.10 Å². The highest BCUT2D eigenvalue weighted by molar-refractivity contribution is 5.41. The molecule has 1 aromatic heterocycles. The van der Waals surface area contributed by atoms with E-state index in [1.165, 1.54) is 5.56 Å². The van der Waals surface area contributed by atoms with Crippen LogP contribution in [0.2, 0.25) is 0 Å². The van der Waals surface area contributed by atoms with E-state index in [0.717, 1.165) is 30.2 Å². The third-order valence-corrected chi connectivity index (χ3v) is 3.10. The number of anilines is 2. The normalized spacial score (nSPS) is 10.5. The highest BCUT2D eigenvalue weighted by Gasteiger charge is 2.10. The average molecular weight is 257 g/mol. The van der Waals surface area contributed by atoms with Crippen LogP contribution in [0, 0.1) is 13.8 Å². The van der Waals surface area contributed by atoms with Crippen molar-refractivity contribution in [3.05, 3.63) is 41.2 Å². The monoisotopic (exact) mass is 257 g/mol. The molecular formula is C14H19N5. The molecule has 1 heterocycles. The van der Waals surface area contributed by atoms with Gasteiger partial charge in [0.15, 0.2) is 0 Å². The van der Waals surface area contributed by atoms with E-state index < -0.39 is 0 Å². The summed E-state index contributed by atoms with van der Waals surface area (Å²) in [6.45, 7) is 7.52. The molecule has 0 aliphatic rings. The van der Waals surface area contributed by atoms with Gasteiger partial charge < -0.3 is 10.6 Å². The van der Waals surface area contributed by atoms with Crippen molar-refractivity contribution >= 4 is 11.6 Å². The number of nitrogens with two attached hydrogens (primary N) is 1. The second kappa shape index (κ2) is 5.65. The molecule has 100 valence electrons. The molecule has 1 aromatic carbocycles. The second-order valence-corrected chi connectivity index (χ2v) is 4.54. The number of nitrogen functional groups attached to an aromatic ring is 1. The minimum atomic E-state index is 0.669. The van der Waals surface area contributed by atoms with Crippen LogP contribution in [0.5, 0.6) is 0 Å². The predicted octanol–water partition coefficient (Wildman–Crippen LogP) is 2.10. The largest absolute Gasteiger partial charge is 0.399 e. The lowest BCUT2D eigenvalue weighted by atomic mass is 10.2. The first-order valence-electron chi connectivity index (χ1n) is 6.37. The number of aromatic nitrogens is 3. The van der Waals surface area contributed by atoms with Crippen molar-refractivity contribution in [3.8, 4) is 0 Å². The minimum absolute atomic E-state index is 0.669. The highest BCUT2D eigenvalue weighted by atomic mass is 15.3. The van der Waals surface area contributed by atoms with E-state index in [-0.39, 0.29) is 0 Å². The number of aryl methyl sites for hydroxylation is 2. The maximum absolute atomic E-state index is 5.69. The van der Waals surface area contributed by atoms with Crippen molar-refractivity contribution in [1.29, 1.82) is 0 Å². The van der Waals surface area contributed by atoms with E-state index in [0.29, 0.717) is 5.95 Å². The van der Waals surface area contributed by atoms with Crippen LogP contribution in [0.4, 0.5) is 11.6 Å². The van der Waals surface area contributed by atoms with E-state index in [4.69, 9.17) is 5.73 Å². The first kappa shape index (κ1) is 13.3. The van der Waals surface area contributed by atoms with Crippen LogP contribution in [-0.4, -0.2) is 21.7 Å². The van der Waals surface area contributed by atoms with Gasteiger partial charge in [-0.3, -0.25) is 0 Å². The number of benzene rings is 1. The van der Waals surface area contributed by atoms with Crippen molar-refractivity contribution in [1.82, 2.24) is 15.2 Å². The zero-order chi connectivity index (χ0) is 13.8. The van der Waals surface area contributed by atoms with Crippen LogP contribution >= 0.6 is 0 Å². The van der Waals surface area contributed by atoms with Crippen molar-refractivity contribution < 1.29 is 0 Å². The first-order chi connectivity index (χ1) is 9.10. The molecule has 2 rings (SSSR count). The quantitative estimate of drug-likeness (QED) is 0.849. The van der Waals surface area contributed by atoms with E-state index >= 15 is 0 Å². The molecule has 2 N–H and O–H groups in total. The average Bonchev–Trinajstić information content (AvgIpc) is 2.41. The topological polar surface area (TPSA) is 67.9 Å². The highest BCUT2D eigenvalue weighted by Crippen LogP contribution is 2.13. The summed E-state index contributed by atoms with van der Waals surface area (Å²) in [4.78, 5) is 6.57. The van der Waals surface area contributed by atoms with Gasteiger partial charge >= 0.3 is 0 Å². The molecule has 5 nitrogen and oxygen atoms in total. The molecule has 2 aromatic rings. The van der Waals surface area contributed by atoms with Gasteiger partial charge in [-0.15, -0.1) is 5.10 Å². The molecular weight excluding hydrogens is 238 g/mol. The van der Waals surface area contributed by atoms with Crippen molar-refractivity contribution in [2.24, 2.45) is 0 Å². The summed E-state index contributed by atoms with van der Waals surface area (Å²) in [6.07, 6.45) is 0. The Morgan fingerprint density at radius 2 is 1.74 bits per heavy atom. The Bertz CT molecular complexity index is 550. The van der Waals surface area contributed by atoms with Crippen LogP contribution in [0.15, 0.2) is 24.3 Å². The Morgan fingerprint density at radius 3 is 2.32 bits per heavy atom. The van der Waals surface area contributed by atoms with E-state index in [9.17, 15) is 0 Å². The number of hydrogen-bond donors (Lipinski definition) is 1. The summed E-state index contributed by atoms with van der Waals surface area (Å²) < 4.78 is 0. The van der Waals surface area contributed by atoms with Gasteiger partial charge in [0, 0.05) is 18.8 Å². The molecule has 0 bridgehead atoms. The van der Waals surface area contributed by atoms with Crippen LogP contribution in [0.25, 0.3) is 0 Å². The van der Waals surface area contributed by atoms with E-state index in [1.54, 1.807) is 0 Å². The zero-order valence-electron chi connectivity index (χ0n) is 11.6. The third kappa shape index (κ3) is 3.19. The van der Waals surface area contributed by atoms with Gasteiger partial charge in [-0.1, -0.05) is 12.1 Å². The summed E-state index contributed by atoms with van der Waals surface area (Å²) in [5.41, 5.74) is 9.43. The molecule has 0 atom stereocenters. The summed E-state index contributed by atoms with van der Waals surface area (Å²) in [7, 11) is 0. The maximum atomic E-state index is 5.69. The fourth-order valence-electron chi connectivity index (χ4n) is 1.75. The zero-order valence-corrected chi connectivity index (χ0v) is 11.6. The van der Waals surface area contributed by atoms with Gasteiger partial charge in [0.05, 0.1) is 11.4 Å². The molecule has 0 saturated heterocycles. The van der Waals surface area contributed by atoms with Crippen LogP contribution in [0.1, 0.15) is 23.9 Å². The van der Waals surface area contributed by atoms with Gasteiger partial charge in [0.25, 0.3) is 0 Å².